The highest BCUT2D eigenvalue weighted by molar-refractivity contribution is 9.10. The third-order valence-electron chi connectivity index (χ3n) is 1.60. The predicted octanol–water partition coefficient (Wildman–Crippen LogP) is 2.36. The number of hydrogen-bond acceptors (Lipinski definition) is 3. The Morgan fingerprint density at radius 3 is 2.40 bits per heavy atom. The summed E-state index contributed by atoms with van der Waals surface area (Å²) in [5.74, 6) is 3.41. The van der Waals surface area contributed by atoms with Gasteiger partial charge in [-0.2, -0.15) is 0 Å². The summed E-state index contributed by atoms with van der Waals surface area (Å²) in [6.45, 7) is 8.37. The average molecular weight is 284 g/mol. The molecule has 0 aliphatic rings. The zero-order chi connectivity index (χ0) is 11.6. The van der Waals surface area contributed by atoms with E-state index >= 15 is 0 Å². The Bertz CT molecular complexity index is 440. The van der Waals surface area contributed by atoms with Crippen LogP contribution in [0.15, 0.2) is 4.60 Å². The number of anilines is 1. The molecule has 0 saturated heterocycles. The van der Waals surface area contributed by atoms with Gasteiger partial charge in [0, 0.05) is 0 Å². The molecule has 1 heterocycles. The average Bonchev–Trinajstić information content (AvgIpc) is 2.07. The van der Waals surface area contributed by atoms with Crippen LogP contribution < -0.4 is 5.73 Å². The van der Waals surface area contributed by atoms with E-state index in [2.05, 4.69) is 57.0 Å². The molecular weight excluding hydrogens is 270 g/mol. The zero-order valence-electron chi connectivity index (χ0n) is 9.35. The van der Waals surface area contributed by atoms with E-state index < -0.39 is 8.07 Å². The van der Waals surface area contributed by atoms with Gasteiger partial charge in [-0.05, 0) is 22.9 Å². The lowest BCUT2D eigenvalue weighted by Gasteiger charge is -2.04. The first-order valence-corrected chi connectivity index (χ1v) is 8.92. The molecule has 0 saturated carbocycles. The highest BCUT2D eigenvalue weighted by atomic mass is 79.9. The van der Waals surface area contributed by atoms with Gasteiger partial charge in [-0.25, -0.2) is 9.97 Å². The maximum absolute atomic E-state index is 5.74. The summed E-state index contributed by atoms with van der Waals surface area (Å²) in [7, 11) is -1.39. The number of rotatable bonds is 0. The Labute approximate surface area is 99.6 Å². The second kappa shape index (κ2) is 4.33. The highest BCUT2D eigenvalue weighted by Crippen LogP contribution is 2.14. The van der Waals surface area contributed by atoms with Gasteiger partial charge in [-0.15, -0.1) is 5.54 Å². The van der Waals surface area contributed by atoms with Gasteiger partial charge in [0.2, 0.25) is 0 Å². The number of aryl methyl sites for hydroxylation is 1. The zero-order valence-corrected chi connectivity index (χ0v) is 11.9. The van der Waals surface area contributed by atoms with Crippen molar-refractivity contribution in [3.05, 3.63) is 16.0 Å². The molecule has 0 unspecified atom stereocenters. The van der Waals surface area contributed by atoms with Crippen molar-refractivity contribution in [2.24, 2.45) is 0 Å². The van der Waals surface area contributed by atoms with Gasteiger partial charge in [0.1, 0.15) is 12.7 Å². The third-order valence-corrected chi connectivity index (χ3v) is 3.22. The minimum Gasteiger partial charge on any atom is -0.381 e. The standard InChI is InChI=1S/C10H14BrN3Si/c1-7-9(11)14-8(10(12)13-7)5-6-15(2,3)4/h1-4H3,(H2,12,13). The maximum atomic E-state index is 5.74. The molecule has 0 amide bonds. The number of halogens is 1. The van der Waals surface area contributed by atoms with Gasteiger partial charge in [-0.3, -0.25) is 0 Å². The summed E-state index contributed by atoms with van der Waals surface area (Å²) >= 11 is 3.32. The van der Waals surface area contributed by atoms with Crippen molar-refractivity contribution in [1.29, 1.82) is 0 Å². The molecule has 0 atom stereocenters. The minimum atomic E-state index is -1.39. The molecule has 3 nitrogen and oxygen atoms in total. The molecule has 5 heteroatoms. The monoisotopic (exact) mass is 283 g/mol. The molecule has 0 aliphatic heterocycles. The van der Waals surface area contributed by atoms with E-state index in [1.54, 1.807) is 0 Å². The fourth-order valence-corrected chi connectivity index (χ4v) is 1.61. The largest absolute Gasteiger partial charge is 0.381 e. The maximum Gasteiger partial charge on any atom is 0.158 e. The predicted molar refractivity (Wildman–Crippen MR) is 69.1 cm³/mol. The van der Waals surface area contributed by atoms with Crippen molar-refractivity contribution in [3.8, 4) is 11.5 Å². The molecule has 0 bridgehead atoms. The van der Waals surface area contributed by atoms with Crippen LogP contribution in [0.3, 0.4) is 0 Å². The van der Waals surface area contributed by atoms with Crippen LogP contribution in [0.5, 0.6) is 0 Å². The third kappa shape index (κ3) is 3.65. The second-order valence-corrected chi connectivity index (χ2v) is 9.83. The topological polar surface area (TPSA) is 51.8 Å². The first kappa shape index (κ1) is 12.2. The van der Waals surface area contributed by atoms with Crippen LogP contribution in [0.2, 0.25) is 19.6 Å². The lowest BCUT2D eigenvalue weighted by molar-refractivity contribution is 1.08. The molecule has 2 N–H and O–H groups in total. The smallest absolute Gasteiger partial charge is 0.158 e. The Kier molecular flexibility index (Phi) is 3.53. The summed E-state index contributed by atoms with van der Waals surface area (Å²) in [5, 5.41) is 0. The Morgan fingerprint density at radius 2 is 1.87 bits per heavy atom. The fraction of sp³-hybridized carbons (Fsp3) is 0.400. The molecule has 0 fully saturated rings. The molecule has 1 rings (SSSR count). The van der Waals surface area contributed by atoms with E-state index in [1.807, 2.05) is 6.92 Å². The summed E-state index contributed by atoms with van der Waals surface area (Å²) in [4.78, 5) is 8.41. The second-order valence-electron chi connectivity index (χ2n) is 4.33. The van der Waals surface area contributed by atoms with Crippen molar-refractivity contribution in [2.45, 2.75) is 26.6 Å². The number of aromatic nitrogens is 2. The summed E-state index contributed by atoms with van der Waals surface area (Å²) in [5.41, 5.74) is 10.3. The molecule has 15 heavy (non-hydrogen) atoms. The molecular formula is C10H14BrN3Si. The van der Waals surface area contributed by atoms with Crippen LogP contribution in [-0.4, -0.2) is 18.0 Å². The molecule has 1 aromatic rings. The number of nitrogens with two attached hydrogens (primary N) is 1. The lowest BCUT2D eigenvalue weighted by atomic mass is 10.4. The van der Waals surface area contributed by atoms with Gasteiger partial charge >= 0.3 is 0 Å². The van der Waals surface area contributed by atoms with Gasteiger partial charge in [0.15, 0.2) is 11.5 Å². The summed E-state index contributed by atoms with van der Waals surface area (Å²) in [6, 6.07) is 0. The normalized spacial score (nSPS) is 10.7. The SMILES string of the molecule is Cc1nc(N)c(C#C[Si](C)(C)C)nc1Br. The van der Waals surface area contributed by atoms with Gasteiger partial charge < -0.3 is 5.73 Å². The number of nitrogens with zero attached hydrogens (tertiary/aromatic N) is 2. The first-order valence-electron chi connectivity index (χ1n) is 4.62. The van der Waals surface area contributed by atoms with Crippen LogP contribution in [0.4, 0.5) is 5.82 Å². The van der Waals surface area contributed by atoms with Gasteiger partial charge in [0.25, 0.3) is 0 Å². The van der Waals surface area contributed by atoms with Crippen LogP contribution in [-0.2, 0) is 0 Å². The molecule has 0 spiro atoms. The fourth-order valence-electron chi connectivity index (χ4n) is 0.855. The minimum absolute atomic E-state index is 0.404. The Hall–Kier alpha value is -0.863. The highest BCUT2D eigenvalue weighted by Gasteiger charge is 2.09. The van der Waals surface area contributed by atoms with E-state index in [4.69, 9.17) is 5.73 Å². The Morgan fingerprint density at radius 1 is 1.27 bits per heavy atom. The van der Waals surface area contributed by atoms with Crippen molar-refractivity contribution < 1.29 is 0 Å². The van der Waals surface area contributed by atoms with Crippen molar-refractivity contribution in [1.82, 2.24) is 9.97 Å². The number of hydrogen-bond donors (Lipinski definition) is 1. The first-order chi connectivity index (χ1) is 6.79. The van der Waals surface area contributed by atoms with E-state index in [0.717, 1.165) is 5.69 Å². The molecule has 0 radical (unpaired) electrons. The lowest BCUT2D eigenvalue weighted by Crippen LogP contribution is -2.16. The van der Waals surface area contributed by atoms with Crippen LogP contribution in [0.25, 0.3) is 0 Å². The quantitative estimate of drug-likeness (QED) is 0.588. The molecule has 0 aromatic carbocycles. The molecule has 0 aliphatic carbocycles. The Balaban J connectivity index is 3.15. The van der Waals surface area contributed by atoms with E-state index in [9.17, 15) is 0 Å². The van der Waals surface area contributed by atoms with E-state index in [1.165, 1.54) is 0 Å². The van der Waals surface area contributed by atoms with Gasteiger partial charge in [-0.1, -0.05) is 25.6 Å². The summed E-state index contributed by atoms with van der Waals surface area (Å²) in [6.07, 6.45) is 0. The van der Waals surface area contributed by atoms with Gasteiger partial charge in [0.05, 0.1) is 5.69 Å². The van der Waals surface area contributed by atoms with Crippen molar-refractivity contribution in [2.75, 3.05) is 5.73 Å². The van der Waals surface area contributed by atoms with E-state index in [-0.39, 0.29) is 0 Å². The van der Waals surface area contributed by atoms with Crippen LogP contribution >= 0.6 is 15.9 Å². The van der Waals surface area contributed by atoms with Crippen LogP contribution in [0.1, 0.15) is 11.4 Å². The van der Waals surface area contributed by atoms with Crippen molar-refractivity contribution in [3.63, 3.8) is 0 Å². The number of nitrogen functional groups attached to an aromatic ring is 1. The summed E-state index contributed by atoms with van der Waals surface area (Å²) < 4.78 is 0.705. The van der Waals surface area contributed by atoms with Crippen LogP contribution in [0, 0.1) is 18.4 Å². The molecule has 80 valence electrons. The van der Waals surface area contributed by atoms with Crippen molar-refractivity contribution >= 4 is 29.8 Å². The van der Waals surface area contributed by atoms with E-state index in [0.29, 0.717) is 16.1 Å². The molecule has 1 aromatic heterocycles.